The first-order chi connectivity index (χ1) is 10.3. The first kappa shape index (κ1) is 17.6. The van der Waals surface area contributed by atoms with E-state index in [1.165, 1.54) is 31.2 Å². The predicted molar refractivity (Wildman–Crippen MR) is 79.4 cm³/mol. The van der Waals surface area contributed by atoms with Gasteiger partial charge in [-0.3, -0.25) is 0 Å². The molecule has 1 amide bonds. The van der Waals surface area contributed by atoms with Gasteiger partial charge in [0.05, 0.1) is 17.2 Å². The van der Waals surface area contributed by atoms with Gasteiger partial charge < -0.3 is 9.94 Å². The number of carbonyl (C=O) groups is 1. The van der Waals surface area contributed by atoms with Crippen molar-refractivity contribution in [1.29, 1.82) is 0 Å². The lowest BCUT2D eigenvalue weighted by molar-refractivity contribution is 0.152. The molecule has 9 nitrogen and oxygen atoms in total. The third-order valence-electron chi connectivity index (χ3n) is 2.49. The minimum absolute atomic E-state index is 0.0535. The van der Waals surface area contributed by atoms with Crippen LogP contribution >= 0.6 is 0 Å². The Kier molecular flexibility index (Phi) is 6.01. The lowest BCUT2D eigenvalue weighted by Crippen LogP contribution is -2.23. The molecule has 0 aliphatic rings. The van der Waals surface area contributed by atoms with Crippen molar-refractivity contribution >= 4 is 27.5 Å². The van der Waals surface area contributed by atoms with Gasteiger partial charge >= 0.3 is 6.09 Å². The number of nitrogens with zero attached hydrogens (tertiary/aromatic N) is 2. The van der Waals surface area contributed by atoms with Crippen LogP contribution < -0.4 is 10.6 Å². The molecule has 1 rings (SSSR count). The van der Waals surface area contributed by atoms with E-state index in [1.54, 1.807) is 6.92 Å². The standard InChI is InChI=1S/C12H16N4O5S/c1-3-21-12(17)15-14-8(2)11(16-18)9-4-6-10(7-5-9)22(13,19)20/h4-7,18H,3H2,1-2H3,(H,15,17)(H2,13,19,20). The zero-order valence-corrected chi connectivity index (χ0v) is 12.8. The number of hydrazone groups is 1. The highest BCUT2D eigenvalue weighted by atomic mass is 32.2. The van der Waals surface area contributed by atoms with Gasteiger partial charge in [-0.1, -0.05) is 17.3 Å². The summed E-state index contributed by atoms with van der Waals surface area (Å²) >= 11 is 0. The monoisotopic (exact) mass is 328 g/mol. The maximum Gasteiger partial charge on any atom is 0.427 e. The molecule has 22 heavy (non-hydrogen) atoms. The fourth-order valence-electron chi connectivity index (χ4n) is 1.49. The number of amides is 1. The van der Waals surface area contributed by atoms with Gasteiger partial charge in [-0.2, -0.15) is 5.10 Å². The summed E-state index contributed by atoms with van der Waals surface area (Å²) < 4.78 is 27.0. The van der Waals surface area contributed by atoms with E-state index in [9.17, 15) is 13.2 Å². The number of sulfonamides is 1. The summed E-state index contributed by atoms with van der Waals surface area (Å²) in [5.41, 5.74) is 2.76. The van der Waals surface area contributed by atoms with Crippen LogP contribution in [0.1, 0.15) is 19.4 Å². The zero-order chi connectivity index (χ0) is 16.8. The van der Waals surface area contributed by atoms with E-state index in [4.69, 9.17) is 10.3 Å². The number of benzene rings is 1. The topological polar surface area (TPSA) is 143 Å². The minimum atomic E-state index is -3.81. The van der Waals surface area contributed by atoms with Crippen molar-refractivity contribution in [2.24, 2.45) is 15.4 Å². The molecule has 0 atom stereocenters. The third kappa shape index (κ3) is 4.82. The van der Waals surface area contributed by atoms with E-state index >= 15 is 0 Å². The molecule has 0 spiro atoms. The smallest absolute Gasteiger partial charge is 0.427 e. The highest BCUT2D eigenvalue weighted by molar-refractivity contribution is 7.89. The van der Waals surface area contributed by atoms with Crippen LogP contribution in [-0.2, 0) is 14.8 Å². The number of rotatable bonds is 5. The normalized spacial score (nSPS) is 12.9. The van der Waals surface area contributed by atoms with Crippen LogP contribution in [0.15, 0.2) is 39.4 Å². The second-order valence-corrected chi connectivity index (χ2v) is 5.61. The molecule has 0 bridgehead atoms. The summed E-state index contributed by atoms with van der Waals surface area (Å²) in [5.74, 6) is 0. The SMILES string of the molecule is CCOC(=O)NN=C(C)C(=NO)c1ccc(S(N)(=O)=O)cc1. The van der Waals surface area contributed by atoms with Crippen LogP contribution in [0.5, 0.6) is 0 Å². The van der Waals surface area contributed by atoms with Crippen LogP contribution in [0.25, 0.3) is 0 Å². The molecule has 1 aromatic carbocycles. The zero-order valence-electron chi connectivity index (χ0n) is 12.0. The Hall–Kier alpha value is -2.46. The molecule has 10 heteroatoms. The summed E-state index contributed by atoms with van der Waals surface area (Å²) in [5, 5.41) is 20.9. The Bertz CT molecular complexity index is 695. The number of ether oxygens (including phenoxy) is 1. The molecule has 0 aliphatic heterocycles. The molecule has 0 radical (unpaired) electrons. The number of carbonyl (C=O) groups excluding carboxylic acids is 1. The lowest BCUT2D eigenvalue weighted by Gasteiger charge is -2.06. The molecule has 0 unspecified atom stereocenters. The van der Waals surface area contributed by atoms with Crippen molar-refractivity contribution < 1.29 is 23.2 Å². The van der Waals surface area contributed by atoms with Crippen LogP contribution in [0, 0.1) is 0 Å². The van der Waals surface area contributed by atoms with Gasteiger partial charge in [0, 0.05) is 5.56 Å². The quantitative estimate of drug-likeness (QED) is 0.412. The molecule has 1 aromatic rings. The van der Waals surface area contributed by atoms with E-state index in [0.29, 0.717) is 5.56 Å². The maximum absolute atomic E-state index is 11.2. The second kappa shape index (κ2) is 7.52. The van der Waals surface area contributed by atoms with Crippen LogP contribution in [0.3, 0.4) is 0 Å². The average Bonchev–Trinajstić information content (AvgIpc) is 2.46. The van der Waals surface area contributed by atoms with Crippen molar-refractivity contribution in [1.82, 2.24) is 5.43 Å². The van der Waals surface area contributed by atoms with Crippen LogP contribution in [0.4, 0.5) is 4.79 Å². The molecule has 4 N–H and O–H groups in total. The molecule has 0 saturated carbocycles. The molecule has 120 valence electrons. The first-order valence-electron chi connectivity index (χ1n) is 6.12. The van der Waals surface area contributed by atoms with Gasteiger partial charge in [0.2, 0.25) is 10.0 Å². The average molecular weight is 328 g/mol. The number of oxime groups is 1. The Morgan fingerprint density at radius 2 is 1.95 bits per heavy atom. The van der Waals surface area contributed by atoms with Gasteiger partial charge in [-0.25, -0.2) is 23.8 Å². The van der Waals surface area contributed by atoms with Crippen LogP contribution in [0.2, 0.25) is 0 Å². The number of hydrogen-bond acceptors (Lipinski definition) is 7. The van der Waals surface area contributed by atoms with Crippen molar-refractivity contribution in [2.75, 3.05) is 6.61 Å². The van der Waals surface area contributed by atoms with E-state index in [1.807, 2.05) is 0 Å². The Morgan fingerprint density at radius 1 is 1.36 bits per heavy atom. The number of hydrogen-bond donors (Lipinski definition) is 3. The van der Waals surface area contributed by atoms with Crippen LogP contribution in [-0.4, -0.2) is 37.7 Å². The van der Waals surface area contributed by atoms with Gasteiger partial charge in [-0.05, 0) is 26.0 Å². The van der Waals surface area contributed by atoms with E-state index < -0.39 is 16.1 Å². The molecule has 0 aliphatic carbocycles. The van der Waals surface area contributed by atoms with Gasteiger partial charge in [0.15, 0.2) is 0 Å². The molecule has 0 saturated heterocycles. The Balaban J connectivity index is 2.97. The van der Waals surface area contributed by atoms with Gasteiger partial charge in [0.25, 0.3) is 0 Å². The fraction of sp³-hybridized carbons (Fsp3) is 0.250. The first-order valence-corrected chi connectivity index (χ1v) is 7.67. The summed E-state index contributed by atoms with van der Waals surface area (Å²) in [6.45, 7) is 3.33. The molecule has 0 fully saturated rings. The summed E-state index contributed by atoms with van der Waals surface area (Å²) in [4.78, 5) is 11.1. The molecule has 0 heterocycles. The van der Waals surface area contributed by atoms with Crippen molar-refractivity contribution in [3.8, 4) is 0 Å². The number of primary sulfonamides is 1. The largest absolute Gasteiger partial charge is 0.449 e. The fourth-order valence-corrected chi connectivity index (χ4v) is 2.00. The molecule has 0 aromatic heterocycles. The Morgan fingerprint density at radius 3 is 2.41 bits per heavy atom. The number of nitrogens with one attached hydrogen (secondary N) is 1. The van der Waals surface area contributed by atoms with Gasteiger partial charge in [-0.15, -0.1) is 0 Å². The number of nitrogens with two attached hydrogens (primary N) is 1. The minimum Gasteiger partial charge on any atom is -0.449 e. The second-order valence-electron chi connectivity index (χ2n) is 4.05. The van der Waals surface area contributed by atoms with Crippen molar-refractivity contribution in [3.63, 3.8) is 0 Å². The third-order valence-corrected chi connectivity index (χ3v) is 3.42. The highest BCUT2D eigenvalue weighted by Crippen LogP contribution is 2.10. The van der Waals surface area contributed by atoms with Crippen molar-refractivity contribution in [3.05, 3.63) is 29.8 Å². The summed E-state index contributed by atoms with van der Waals surface area (Å²) in [6.07, 6.45) is -0.747. The van der Waals surface area contributed by atoms with E-state index in [0.717, 1.165) is 0 Å². The van der Waals surface area contributed by atoms with E-state index in [-0.39, 0.29) is 22.9 Å². The Labute approximate surface area is 127 Å². The predicted octanol–water partition coefficient (Wildman–Crippen LogP) is 0.634. The summed E-state index contributed by atoms with van der Waals surface area (Å²) in [6, 6.07) is 5.33. The van der Waals surface area contributed by atoms with Gasteiger partial charge in [0.1, 0.15) is 5.71 Å². The molecular weight excluding hydrogens is 312 g/mol. The molecular formula is C12H16N4O5S. The van der Waals surface area contributed by atoms with Crippen molar-refractivity contribution in [2.45, 2.75) is 18.7 Å². The summed E-state index contributed by atoms with van der Waals surface area (Å²) in [7, 11) is -3.81. The highest BCUT2D eigenvalue weighted by Gasteiger charge is 2.12. The van der Waals surface area contributed by atoms with E-state index in [2.05, 4.69) is 20.4 Å². The lowest BCUT2D eigenvalue weighted by atomic mass is 10.1. The maximum atomic E-state index is 11.2.